The quantitative estimate of drug-likeness (QED) is 0.282. The zero-order chi connectivity index (χ0) is 28.7. The predicted molar refractivity (Wildman–Crippen MR) is 156 cm³/mol. The smallest absolute Gasteiger partial charge is 0.227 e. The first kappa shape index (κ1) is 29.6. The summed E-state index contributed by atoms with van der Waals surface area (Å²) in [6, 6.07) is 0. The van der Waals surface area contributed by atoms with Crippen LogP contribution in [0.25, 0.3) is 0 Å². The van der Waals surface area contributed by atoms with Crippen molar-refractivity contribution in [3.63, 3.8) is 0 Å². The number of methoxy groups -OCH3 is 1. The summed E-state index contributed by atoms with van der Waals surface area (Å²) in [5.41, 5.74) is 1.06. The predicted octanol–water partition coefficient (Wildman–Crippen LogP) is 6.27. The van der Waals surface area contributed by atoms with E-state index in [0.29, 0.717) is 25.0 Å². The van der Waals surface area contributed by atoms with Crippen molar-refractivity contribution >= 4 is 5.91 Å². The Hall–Kier alpha value is -0.910. The molecule has 39 heavy (non-hydrogen) atoms. The average Bonchev–Trinajstić information content (AvgIpc) is 2.86. The molecule has 5 aliphatic rings. The van der Waals surface area contributed by atoms with E-state index in [0.717, 1.165) is 64.2 Å². The number of carbonyl (C=O) groups is 1. The van der Waals surface area contributed by atoms with Crippen LogP contribution in [0.4, 0.5) is 0 Å². The lowest BCUT2D eigenvalue weighted by molar-refractivity contribution is -0.220. The van der Waals surface area contributed by atoms with Crippen molar-refractivity contribution in [1.82, 2.24) is 5.32 Å². The minimum absolute atomic E-state index is 0.0358. The summed E-state index contributed by atoms with van der Waals surface area (Å²) < 4.78 is 5.27. The Bertz CT molecular complexity index is 1020. The maximum Gasteiger partial charge on any atom is 0.227 e. The van der Waals surface area contributed by atoms with Crippen molar-refractivity contribution in [3.8, 4) is 0 Å². The van der Waals surface area contributed by atoms with Crippen LogP contribution >= 0.6 is 0 Å². The number of fused-ring (bicyclic) bond motifs is 7. The lowest BCUT2D eigenvalue weighted by Gasteiger charge is -2.73. The molecule has 5 aliphatic carbocycles. The summed E-state index contributed by atoms with van der Waals surface area (Å²) in [6.07, 6.45) is 12.3. The molecule has 0 unspecified atom stereocenters. The second-order valence-electron chi connectivity index (χ2n) is 16.5. The van der Waals surface area contributed by atoms with Crippen LogP contribution in [0.1, 0.15) is 113 Å². The largest absolute Gasteiger partial charge is 0.396 e. The van der Waals surface area contributed by atoms with Gasteiger partial charge in [-0.15, -0.1) is 0 Å². The molecular formula is C34H57NO4. The van der Waals surface area contributed by atoms with Crippen LogP contribution in [0.2, 0.25) is 0 Å². The highest BCUT2D eigenvalue weighted by molar-refractivity contribution is 5.85. The van der Waals surface area contributed by atoms with Gasteiger partial charge in [-0.2, -0.15) is 0 Å². The fraction of sp³-hybridized carbons (Fsp3) is 0.912. The number of nitrogens with one attached hydrogen (secondary N) is 1. The van der Waals surface area contributed by atoms with Crippen LogP contribution in [0.3, 0.4) is 0 Å². The molecule has 4 saturated carbocycles. The van der Waals surface area contributed by atoms with Crippen molar-refractivity contribution in [2.45, 2.75) is 119 Å². The van der Waals surface area contributed by atoms with E-state index >= 15 is 0 Å². The minimum Gasteiger partial charge on any atom is -0.396 e. The molecule has 0 aromatic carbocycles. The molecule has 0 spiro atoms. The van der Waals surface area contributed by atoms with E-state index in [1.807, 2.05) is 0 Å². The van der Waals surface area contributed by atoms with Gasteiger partial charge in [-0.3, -0.25) is 4.79 Å². The number of allylic oxidation sites excluding steroid dienone is 2. The lowest BCUT2D eigenvalue weighted by Crippen LogP contribution is -2.68. The monoisotopic (exact) mass is 543 g/mol. The molecule has 9 atom stereocenters. The van der Waals surface area contributed by atoms with Gasteiger partial charge in [0, 0.05) is 24.5 Å². The zero-order valence-corrected chi connectivity index (χ0v) is 26.2. The van der Waals surface area contributed by atoms with Crippen LogP contribution in [-0.4, -0.2) is 49.1 Å². The van der Waals surface area contributed by atoms with E-state index in [4.69, 9.17) is 4.74 Å². The fourth-order valence-corrected chi connectivity index (χ4v) is 12.0. The normalized spacial score (nSPS) is 50.5. The van der Waals surface area contributed by atoms with Crippen LogP contribution < -0.4 is 5.32 Å². The summed E-state index contributed by atoms with van der Waals surface area (Å²) >= 11 is 0. The summed E-state index contributed by atoms with van der Waals surface area (Å²) in [7, 11) is 1.69. The van der Waals surface area contributed by atoms with Crippen molar-refractivity contribution < 1.29 is 19.7 Å². The lowest BCUT2D eigenvalue weighted by atomic mass is 9.31. The highest BCUT2D eigenvalue weighted by Gasteiger charge is 2.72. The van der Waals surface area contributed by atoms with Crippen molar-refractivity contribution in [1.29, 1.82) is 0 Å². The molecule has 0 aromatic rings. The Balaban J connectivity index is 1.59. The van der Waals surface area contributed by atoms with Gasteiger partial charge in [0.1, 0.15) is 0 Å². The fourth-order valence-electron chi connectivity index (χ4n) is 12.0. The molecular weight excluding hydrogens is 486 g/mol. The summed E-state index contributed by atoms with van der Waals surface area (Å²) in [5, 5.41) is 24.9. The molecule has 3 N–H and O–H groups in total. The van der Waals surface area contributed by atoms with Crippen LogP contribution in [-0.2, 0) is 9.53 Å². The second kappa shape index (κ2) is 9.30. The Labute approximate surface area is 237 Å². The summed E-state index contributed by atoms with van der Waals surface area (Å²) in [4.78, 5) is 14.1. The van der Waals surface area contributed by atoms with Crippen LogP contribution in [0, 0.1) is 49.7 Å². The molecule has 5 nitrogen and oxygen atoms in total. The molecule has 0 aliphatic heterocycles. The van der Waals surface area contributed by atoms with E-state index in [1.165, 1.54) is 0 Å². The first-order valence-corrected chi connectivity index (χ1v) is 15.9. The molecule has 222 valence electrons. The number of ether oxygens (including phenoxy) is 1. The molecule has 0 bridgehead atoms. The van der Waals surface area contributed by atoms with Gasteiger partial charge >= 0.3 is 0 Å². The Kier molecular flexibility index (Phi) is 7.05. The number of aliphatic hydroxyl groups is 2. The van der Waals surface area contributed by atoms with Gasteiger partial charge in [0.05, 0.1) is 24.7 Å². The maximum atomic E-state index is 14.1. The van der Waals surface area contributed by atoms with Crippen LogP contribution in [0.5, 0.6) is 0 Å². The number of carbonyl (C=O) groups excluding carboxylic acids is 1. The SMILES string of the molecule is COCCNC(=O)[C@]12CCC(C)(C)C[C@@]1(C)C1=CC[C@@H]3[C@@]4(C)CC[C@H](O)[C@@](C)(CO)[C@@H]4CC[C@@]3(C)[C@]1(C)CC2. The van der Waals surface area contributed by atoms with Crippen LogP contribution in [0.15, 0.2) is 11.6 Å². The third-order valence-corrected chi connectivity index (χ3v) is 14.4. The molecule has 5 heteroatoms. The number of hydrogen-bond acceptors (Lipinski definition) is 4. The Morgan fingerprint density at radius 1 is 0.949 bits per heavy atom. The number of aliphatic hydroxyl groups excluding tert-OH is 2. The average molecular weight is 544 g/mol. The zero-order valence-electron chi connectivity index (χ0n) is 26.2. The minimum atomic E-state index is -0.430. The number of hydrogen-bond donors (Lipinski definition) is 3. The first-order valence-electron chi connectivity index (χ1n) is 15.9. The van der Waals surface area contributed by atoms with E-state index in [2.05, 4.69) is 59.9 Å². The molecule has 0 heterocycles. The molecule has 1 amide bonds. The van der Waals surface area contributed by atoms with Gasteiger partial charge in [0.2, 0.25) is 5.91 Å². The number of amides is 1. The van der Waals surface area contributed by atoms with Gasteiger partial charge in [0.25, 0.3) is 0 Å². The van der Waals surface area contributed by atoms with E-state index in [1.54, 1.807) is 12.7 Å². The molecule has 5 rings (SSSR count). The van der Waals surface area contributed by atoms with E-state index in [-0.39, 0.29) is 45.0 Å². The summed E-state index contributed by atoms with van der Waals surface area (Å²) in [6.45, 7) is 18.2. The topological polar surface area (TPSA) is 78.8 Å². The number of rotatable bonds is 5. The molecule has 4 fully saturated rings. The van der Waals surface area contributed by atoms with Gasteiger partial charge < -0.3 is 20.3 Å². The van der Waals surface area contributed by atoms with Gasteiger partial charge in [-0.05, 0) is 97.7 Å². The van der Waals surface area contributed by atoms with E-state index in [9.17, 15) is 15.0 Å². The highest BCUT2D eigenvalue weighted by atomic mass is 16.5. The Morgan fingerprint density at radius 2 is 1.64 bits per heavy atom. The summed E-state index contributed by atoms with van der Waals surface area (Å²) in [5.74, 6) is 1.08. The Morgan fingerprint density at radius 3 is 2.31 bits per heavy atom. The highest BCUT2D eigenvalue weighted by Crippen LogP contribution is 2.78. The first-order chi connectivity index (χ1) is 18.1. The third-order valence-electron chi connectivity index (χ3n) is 14.4. The van der Waals surface area contributed by atoms with E-state index < -0.39 is 11.5 Å². The molecule has 0 aromatic heterocycles. The van der Waals surface area contributed by atoms with Gasteiger partial charge in [-0.1, -0.05) is 60.1 Å². The van der Waals surface area contributed by atoms with Gasteiger partial charge in [-0.25, -0.2) is 0 Å². The standard InChI is InChI=1S/C34H57NO4/c1-28(2)15-17-34(27(38)35-19-20-39-8)18-16-32(6)25(33(34,7)21-28)10-9-24-29(3)13-12-26(37)30(4,22-36)23(29)11-14-31(24,32)5/h10,23-24,26,36-37H,9,11-22H2,1-8H3,(H,35,38)/t23-,24-,26+,29+,30+,31-,32-,33+,34-/m1/s1. The molecule has 0 radical (unpaired) electrons. The van der Waals surface area contributed by atoms with Gasteiger partial charge in [0.15, 0.2) is 0 Å². The molecule has 0 saturated heterocycles. The van der Waals surface area contributed by atoms with Crippen molar-refractivity contribution in [2.75, 3.05) is 26.9 Å². The van der Waals surface area contributed by atoms with Crippen molar-refractivity contribution in [2.24, 2.45) is 49.7 Å². The van der Waals surface area contributed by atoms with Crippen molar-refractivity contribution in [3.05, 3.63) is 11.6 Å². The second-order valence-corrected chi connectivity index (χ2v) is 16.5. The maximum absolute atomic E-state index is 14.1. The third kappa shape index (κ3) is 3.77.